The molecule has 3 atom stereocenters. The molecule has 0 aliphatic carbocycles. The van der Waals surface area contributed by atoms with Gasteiger partial charge in [-0.2, -0.15) is 0 Å². The minimum absolute atomic E-state index is 0.0110. The van der Waals surface area contributed by atoms with Crippen LogP contribution in [0.5, 0.6) is 0 Å². The van der Waals surface area contributed by atoms with E-state index in [0.29, 0.717) is 17.4 Å². The minimum atomic E-state index is -4.60. The number of aliphatic hydroxyl groups is 1. The number of carbonyl (C=O) groups is 1. The lowest BCUT2D eigenvalue weighted by Crippen LogP contribution is -2.45. The largest absolute Gasteiger partial charge is 0.756 e. The number of allylic oxidation sites excluding steroid dienone is 7. The highest BCUT2D eigenvalue weighted by Crippen LogP contribution is 2.38. The van der Waals surface area contributed by atoms with E-state index >= 15 is 0 Å². The molecule has 0 saturated carbocycles. The van der Waals surface area contributed by atoms with Gasteiger partial charge in [0.15, 0.2) is 0 Å². The van der Waals surface area contributed by atoms with Gasteiger partial charge in [-0.15, -0.1) is 0 Å². The third kappa shape index (κ3) is 36.8. The Morgan fingerprint density at radius 2 is 1.08 bits per heavy atom. The van der Waals surface area contributed by atoms with Crippen LogP contribution in [-0.2, 0) is 18.4 Å². The normalized spacial score (nSPS) is 15.0. The zero-order chi connectivity index (χ0) is 38.6. The lowest BCUT2D eigenvalue weighted by atomic mass is 10.1. The Morgan fingerprint density at radius 3 is 1.58 bits per heavy atom. The number of unbranched alkanes of at least 4 members (excludes halogenated alkanes) is 18. The van der Waals surface area contributed by atoms with Crippen LogP contribution in [0, 0.1) is 0 Å². The molecule has 0 bridgehead atoms. The number of aliphatic hydroxyl groups excluding tert-OH is 1. The first kappa shape index (κ1) is 50.5. The minimum Gasteiger partial charge on any atom is -0.756 e. The molecule has 0 aromatic rings. The van der Waals surface area contributed by atoms with Gasteiger partial charge in [-0.3, -0.25) is 9.36 Å². The van der Waals surface area contributed by atoms with Crippen LogP contribution in [0.3, 0.4) is 0 Å². The van der Waals surface area contributed by atoms with Crippen molar-refractivity contribution >= 4 is 13.7 Å². The Morgan fingerprint density at radius 1 is 0.654 bits per heavy atom. The highest BCUT2D eigenvalue weighted by molar-refractivity contribution is 7.45. The molecule has 0 aliphatic rings. The average Bonchev–Trinajstić information content (AvgIpc) is 3.09. The number of nitrogens with one attached hydrogen (secondary N) is 1. The van der Waals surface area contributed by atoms with Crippen molar-refractivity contribution in [3.8, 4) is 0 Å². The van der Waals surface area contributed by atoms with Crippen LogP contribution < -0.4 is 10.2 Å². The van der Waals surface area contributed by atoms with Gasteiger partial charge in [0, 0.05) is 6.42 Å². The van der Waals surface area contributed by atoms with Crippen LogP contribution in [-0.4, -0.2) is 68.5 Å². The molecule has 0 aromatic carbocycles. The summed E-state index contributed by atoms with van der Waals surface area (Å²) in [6.45, 7) is 4.56. The number of likely N-dealkylation sites (N-methyl/N-ethyl adjacent to an activating group) is 1. The predicted octanol–water partition coefficient (Wildman–Crippen LogP) is 10.7. The molecule has 0 aromatic heterocycles. The first-order chi connectivity index (χ1) is 25.0. The van der Waals surface area contributed by atoms with Gasteiger partial charge in [0.1, 0.15) is 13.2 Å². The molecule has 0 aliphatic heterocycles. The van der Waals surface area contributed by atoms with Crippen LogP contribution >= 0.6 is 7.82 Å². The number of quaternary nitrogens is 1. The molecule has 0 rings (SSSR count). The molecule has 0 saturated heterocycles. The second-order valence-corrected chi connectivity index (χ2v) is 16.7. The molecule has 9 heteroatoms. The number of phosphoric ester groups is 1. The Bertz CT molecular complexity index is 991. The summed E-state index contributed by atoms with van der Waals surface area (Å²) in [5.74, 6) is -0.220. The maximum atomic E-state index is 12.8. The zero-order valence-corrected chi connectivity index (χ0v) is 35.1. The molecule has 52 heavy (non-hydrogen) atoms. The van der Waals surface area contributed by atoms with Crippen LogP contribution in [0.1, 0.15) is 168 Å². The van der Waals surface area contributed by atoms with E-state index < -0.39 is 26.6 Å². The van der Waals surface area contributed by atoms with Gasteiger partial charge >= 0.3 is 0 Å². The molecule has 2 N–H and O–H groups in total. The smallest absolute Gasteiger partial charge is 0.268 e. The van der Waals surface area contributed by atoms with Crippen LogP contribution in [0.2, 0.25) is 0 Å². The van der Waals surface area contributed by atoms with Gasteiger partial charge < -0.3 is 28.8 Å². The maximum absolute atomic E-state index is 12.8. The summed E-state index contributed by atoms with van der Waals surface area (Å²) in [5.41, 5.74) is 0. The van der Waals surface area contributed by atoms with Crippen molar-refractivity contribution in [3.63, 3.8) is 0 Å². The van der Waals surface area contributed by atoms with Crippen LogP contribution in [0.15, 0.2) is 48.6 Å². The number of hydrogen-bond donors (Lipinski definition) is 2. The molecule has 0 spiro atoms. The zero-order valence-electron chi connectivity index (χ0n) is 34.2. The molecule has 3 unspecified atom stereocenters. The summed E-state index contributed by atoms with van der Waals surface area (Å²) in [5, 5.41) is 13.7. The predicted molar refractivity (Wildman–Crippen MR) is 219 cm³/mol. The van der Waals surface area contributed by atoms with Gasteiger partial charge in [0.2, 0.25) is 5.91 Å². The molecular formula is C43H81N2O6P. The summed E-state index contributed by atoms with van der Waals surface area (Å²) in [6.07, 6.45) is 42.9. The Balaban J connectivity index is 4.57. The van der Waals surface area contributed by atoms with E-state index in [-0.39, 0.29) is 12.5 Å². The van der Waals surface area contributed by atoms with E-state index in [1.54, 1.807) is 6.08 Å². The number of carbonyl (C=O) groups excluding carboxylic acids is 1. The summed E-state index contributed by atoms with van der Waals surface area (Å²) < 4.78 is 23.1. The first-order valence-corrected chi connectivity index (χ1v) is 22.5. The second kappa shape index (κ2) is 35.2. The molecule has 0 fully saturated rings. The fourth-order valence-electron chi connectivity index (χ4n) is 5.59. The summed E-state index contributed by atoms with van der Waals surface area (Å²) in [6, 6.07) is -0.910. The lowest BCUT2D eigenvalue weighted by Gasteiger charge is -2.29. The summed E-state index contributed by atoms with van der Waals surface area (Å²) in [4.78, 5) is 25.2. The highest BCUT2D eigenvalue weighted by Gasteiger charge is 2.23. The van der Waals surface area contributed by atoms with Crippen molar-refractivity contribution in [2.75, 3.05) is 40.9 Å². The quantitative estimate of drug-likeness (QED) is 0.0283. The van der Waals surface area contributed by atoms with E-state index in [0.717, 1.165) is 44.9 Å². The number of hydrogen-bond acceptors (Lipinski definition) is 6. The Labute approximate surface area is 320 Å². The number of amides is 1. The van der Waals surface area contributed by atoms with Crippen molar-refractivity contribution < 1.29 is 32.9 Å². The van der Waals surface area contributed by atoms with Crippen molar-refractivity contribution in [2.24, 2.45) is 0 Å². The fourth-order valence-corrected chi connectivity index (χ4v) is 6.31. The van der Waals surface area contributed by atoms with Gasteiger partial charge in [-0.25, -0.2) is 0 Å². The van der Waals surface area contributed by atoms with E-state index in [9.17, 15) is 19.4 Å². The van der Waals surface area contributed by atoms with Crippen LogP contribution in [0.25, 0.3) is 0 Å². The van der Waals surface area contributed by atoms with Gasteiger partial charge in [0.05, 0.1) is 39.9 Å². The molecule has 1 amide bonds. The number of phosphoric acid groups is 1. The SMILES string of the molecule is CCCCCC/C=C\CCCCCCCCCC(=O)NC(COP(=O)([O-])OCC[N+](C)(C)C)C(O)/C=C/CC/C=C/CC/C=C/CCCCCCC. The topological polar surface area (TPSA) is 108 Å². The second-order valence-electron chi connectivity index (χ2n) is 15.3. The van der Waals surface area contributed by atoms with Gasteiger partial charge in [-0.05, 0) is 70.6 Å². The number of rotatable bonds is 37. The lowest BCUT2D eigenvalue weighted by molar-refractivity contribution is -0.870. The van der Waals surface area contributed by atoms with Crippen LogP contribution in [0.4, 0.5) is 0 Å². The molecule has 304 valence electrons. The van der Waals surface area contributed by atoms with Crippen molar-refractivity contribution in [3.05, 3.63) is 48.6 Å². The van der Waals surface area contributed by atoms with E-state index in [1.807, 2.05) is 27.2 Å². The molecule has 0 heterocycles. The standard InChI is InChI=1S/C43H81N2O6P/c1-6-8-10-12-14-16-18-20-22-24-26-28-30-32-34-36-42(46)41(40-51-52(48,49)50-39-38-45(3,4)5)44-43(47)37-35-33-31-29-27-25-23-21-19-17-15-13-11-9-7-2/h17-20,26,28,34,36,41-42,46H,6-16,21-25,27,29-33,35,37-40H2,1-5H3,(H-,44,47,48,49)/b19-17-,20-18+,28-26+,36-34+. The maximum Gasteiger partial charge on any atom is 0.268 e. The summed E-state index contributed by atoms with van der Waals surface area (Å²) >= 11 is 0. The fraction of sp³-hybridized carbons (Fsp3) is 0.791. The Kier molecular flexibility index (Phi) is 34.1. The third-order valence-electron chi connectivity index (χ3n) is 8.99. The molecule has 0 radical (unpaired) electrons. The van der Waals surface area contributed by atoms with E-state index in [1.165, 1.54) is 103 Å². The summed E-state index contributed by atoms with van der Waals surface area (Å²) in [7, 11) is 1.22. The monoisotopic (exact) mass is 753 g/mol. The molecule has 8 nitrogen and oxygen atoms in total. The average molecular weight is 753 g/mol. The van der Waals surface area contributed by atoms with E-state index in [4.69, 9.17) is 9.05 Å². The molecular weight excluding hydrogens is 671 g/mol. The highest BCUT2D eigenvalue weighted by atomic mass is 31.2. The third-order valence-corrected chi connectivity index (χ3v) is 9.95. The van der Waals surface area contributed by atoms with Crippen molar-refractivity contribution in [1.29, 1.82) is 0 Å². The van der Waals surface area contributed by atoms with Crippen molar-refractivity contribution in [1.82, 2.24) is 5.32 Å². The van der Waals surface area contributed by atoms with E-state index in [2.05, 4.69) is 55.6 Å². The van der Waals surface area contributed by atoms with Crippen molar-refractivity contribution in [2.45, 2.75) is 180 Å². The first-order valence-electron chi connectivity index (χ1n) is 21.0. The Hall–Kier alpha value is -1.54. The van der Waals surface area contributed by atoms with Gasteiger partial charge in [-0.1, -0.05) is 140 Å². The van der Waals surface area contributed by atoms with Gasteiger partial charge in [0.25, 0.3) is 7.82 Å². The number of nitrogens with zero attached hydrogens (tertiary/aromatic N) is 1.